The number of halogens is 1. The highest BCUT2D eigenvalue weighted by Gasteiger charge is 2.05. The molecule has 1 aromatic carbocycles. The smallest absolute Gasteiger partial charge is 0.281 e. The lowest BCUT2D eigenvalue weighted by Crippen LogP contribution is -2.37. The summed E-state index contributed by atoms with van der Waals surface area (Å²) in [6.45, 7) is 1.84. The van der Waals surface area contributed by atoms with Crippen molar-refractivity contribution in [2.45, 2.75) is 6.92 Å². The molecular formula is C14H15BrN4O2. The summed E-state index contributed by atoms with van der Waals surface area (Å²) in [4.78, 5) is 23.4. The lowest BCUT2D eigenvalue weighted by molar-refractivity contribution is 0.690. The van der Waals surface area contributed by atoms with Crippen LogP contribution in [0.1, 0.15) is 12.5 Å². The molecule has 0 radical (unpaired) electrons. The van der Waals surface area contributed by atoms with Crippen molar-refractivity contribution in [3.63, 3.8) is 0 Å². The summed E-state index contributed by atoms with van der Waals surface area (Å²) < 4.78 is 3.36. The Morgan fingerprint density at radius 3 is 2.38 bits per heavy atom. The van der Waals surface area contributed by atoms with Gasteiger partial charge in [0.25, 0.3) is 5.56 Å². The zero-order chi connectivity index (χ0) is 15.6. The zero-order valence-corrected chi connectivity index (χ0v) is 13.5. The van der Waals surface area contributed by atoms with E-state index in [4.69, 9.17) is 0 Å². The van der Waals surface area contributed by atoms with E-state index in [0.29, 0.717) is 5.82 Å². The van der Waals surface area contributed by atoms with Crippen LogP contribution >= 0.6 is 15.9 Å². The summed E-state index contributed by atoms with van der Waals surface area (Å²) in [5, 5.41) is 4.21. The average molecular weight is 351 g/mol. The first-order chi connectivity index (χ1) is 9.90. The summed E-state index contributed by atoms with van der Waals surface area (Å²) in [6, 6.07) is 9.02. The van der Waals surface area contributed by atoms with Crippen LogP contribution in [0, 0.1) is 0 Å². The van der Waals surface area contributed by atoms with Crippen molar-refractivity contribution in [2.75, 3.05) is 5.43 Å². The van der Waals surface area contributed by atoms with Gasteiger partial charge in [0.2, 0.25) is 0 Å². The molecule has 0 spiro atoms. The van der Waals surface area contributed by atoms with Crippen LogP contribution in [0.25, 0.3) is 0 Å². The van der Waals surface area contributed by atoms with E-state index in [1.807, 2.05) is 31.2 Å². The number of nitrogens with one attached hydrogen (secondary N) is 1. The van der Waals surface area contributed by atoms with Gasteiger partial charge < -0.3 is 0 Å². The van der Waals surface area contributed by atoms with Gasteiger partial charge in [0, 0.05) is 24.6 Å². The molecule has 0 saturated heterocycles. The minimum atomic E-state index is -0.401. The molecule has 7 heteroatoms. The fourth-order valence-corrected chi connectivity index (χ4v) is 2.00. The minimum absolute atomic E-state index is 0.347. The Morgan fingerprint density at radius 1 is 1.14 bits per heavy atom. The maximum Gasteiger partial charge on any atom is 0.332 e. The lowest BCUT2D eigenvalue weighted by atomic mass is 10.1. The Morgan fingerprint density at radius 2 is 1.76 bits per heavy atom. The van der Waals surface area contributed by atoms with Crippen molar-refractivity contribution < 1.29 is 0 Å². The van der Waals surface area contributed by atoms with Gasteiger partial charge in [-0.2, -0.15) is 5.10 Å². The molecule has 0 aliphatic rings. The number of aromatic nitrogens is 2. The summed E-state index contributed by atoms with van der Waals surface area (Å²) in [5.74, 6) is 0.347. The average Bonchev–Trinajstić information content (AvgIpc) is 2.48. The predicted molar refractivity (Wildman–Crippen MR) is 86.9 cm³/mol. The maximum atomic E-state index is 11.8. The van der Waals surface area contributed by atoms with Gasteiger partial charge in [0.15, 0.2) is 0 Å². The lowest BCUT2D eigenvalue weighted by Gasteiger charge is -2.09. The van der Waals surface area contributed by atoms with Crippen LogP contribution in [0.2, 0.25) is 0 Å². The van der Waals surface area contributed by atoms with Crippen LogP contribution in [0.5, 0.6) is 0 Å². The molecule has 0 bridgehead atoms. The third kappa shape index (κ3) is 3.30. The largest absolute Gasteiger partial charge is 0.332 e. The molecule has 0 unspecified atom stereocenters. The number of rotatable bonds is 3. The van der Waals surface area contributed by atoms with Crippen molar-refractivity contribution in [3.05, 3.63) is 61.2 Å². The van der Waals surface area contributed by atoms with Crippen LogP contribution in [0.15, 0.2) is 49.5 Å². The fourth-order valence-electron chi connectivity index (χ4n) is 1.74. The highest BCUT2D eigenvalue weighted by Crippen LogP contribution is 2.11. The van der Waals surface area contributed by atoms with E-state index in [1.165, 1.54) is 17.7 Å². The molecule has 0 fully saturated rings. The second-order valence-corrected chi connectivity index (χ2v) is 5.50. The summed E-state index contributed by atoms with van der Waals surface area (Å²) in [6.07, 6.45) is 0. The Hall–Kier alpha value is -2.15. The predicted octanol–water partition coefficient (Wildman–Crippen LogP) is 1.68. The van der Waals surface area contributed by atoms with E-state index in [2.05, 4.69) is 26.5 Å². The molecule has 2 rings (SSSR count). The van der Waals surface area contributed by atoms with Gasteiger partial charge in [-0.3, -0.25) is 19.4 Å². The van der Waals surface area contributed by atoms with Crippen molar-refractivity contribution in [1.82, 2.24) is 9.13 Å². The van der Waals surface area contributed by atoms with Crippen LogP contribution in [-0.4, -0.2) is 14.8 Å². The summed E-state index contributed by atoms with van der Waals surface area (Å²) in [5.41, 5.74) is 3.67. The molecule has 1 N–H and O–H groups in total. The van der Waals surface area contributed by atoms with Crippen molar-refractivity contribution in [3.8, 4) is 0 Å². The van der Waals surface area contributed by atoms with Gasteiger partial charge >= 0.3 is 5.69 Å². The van der Waals surface area contributed by atoms with Gasteiger partial charge in [-0.05, 0) is 24.6 Å². The second kappa shape index (κ2) is 6.09. The third-order valence-corrected chi connectivity index (χ3v) is 3.65. The van der Waals surface area contributed by atoms with Gasteiger partial charge in [-0.15, -0.1) is 0 Å². The van der Waals surface area contributed by atoms with Crippen LogP contribution in [-0.2, 0) is 14.1 Å². The van der Waals surface area contributed by atoms with E-state index >= 15 is 0 Å². The van der Waals surface area contributed by atoms with Crippen molar-refractivity contribution in [2.24, 2.45) is 19.2 Å². The van der Waals surface area contributed by atoms with E-state index in [0.717, 1.165) is 20.3 Å². The molecule has 1 aromatic heterocycles. The quantitative estimate of drug-likeness (QED) is 0.676. The van der Waals surface area contributed by atoms with Gasteiger partial charge in [-0.1, -0.05) is 28.1 Å². The number of nitrogens with zero attached hydrogens (tertiary/aromatic N) is 3. The maximum absolute atomic E-state index is 11.8. The summed E-state index contributed by atoms with van der Waals surface area (Å²) >= 11 is 3.37. The standard InChI is InChI=1S/C14H15BrN4O2/c1-9(10-4-6-11(15)7-5-10)16-17-12-8-13(20)19(3)14(21)18(12)2/h4-8,17H,1-3H3/b16-9+. The molecule has 0 aliphatic carbocycles. The van der Waals surface area contributed by atoms with Crippen LogP contribution < -0.4 is 16.7 Å². The van der Waals surface area contributed by atoms with E-state index in [9.17, 15) is 9.59 Å². The van der Waals surface area contributed by atoms with Gasteiger partial charge in [0.1, 0.15) is 5.82 Å². The molecule has 0 aliphatic heterocycles. The fraction of sp³-hybridized carbons (Fsp3) is 0.214. The third-order valence-electron chi connectivity index (χ3n) is 3.13. The molecular weight excluding hydrogens is 336 g/mol. The zero-order valence-electron chi connectivity index (χ0n) is 11.9. The van der Waals surface area contributed by atoms with Crippen molar-refractivity contribution >= 4 is 27.5 Å². The first-order valence-electron chi connectivity index (χ1n) is 6.23. The molecule has 6 nitrogen and oxygen atoms in total. The van der Waals surface area contributed by atoms with Crippen LogP contribution in [0.3, 0.4) is 0 Å². The number of anilines is 1. The Balaban J connectivity index is 2.31. The first kappa shape index (κ1) is 15.2. The van der Waals surface area contributed by atoms with Gasteiger partial charge in [0.05, 0.1) is 5.71 Å². The normalized spacial score (nSPS) is 11.5. The van der Waals surface area contributed by atoms with Gasteiger partial charge in [-0.25, -0.2) is 4.79 Å². The number of hydrazone groups is 1. The molecule has 0 atom stereocenters. The second-order valence-electron chi connectivity index (χ2n) is 4.58. The molecule has 2 aromatic rings. The molecule has 0 saturated carbocycles. The van der Waals surface area contributed by atoms with E-state index in [1.54, 1.807) is 7.05 Å². The number of benzene rings is 1. The Bertz CT molecular complexity index is 803. The van der Waals surface area contributed by atoms with Crippen LogP contribution in [0.4, 0.5) is 5.82 Å². The highest BCUT2D eigenvalue weighted by atomic mass is 79.9. The highest BCUT2D eigenvalue weighted by molar-refractivity contribution is 9.10. The molecule has 21 heavy (non-hydrogen) atoms. The van der Waals surface area contributed by atoms with Crippen molar-refractivity contribution in [1.29, 1.82) is 0 Å². The number of hydrogen-bond acceptors (Lipinski definition) is 4. The topological polar surface area (TPSA) is 68.4 Å². The Labute approximate surface area is 129 Å². The number of hydrogen-bond donors (Lipinski definition) is 1. The minimum Gasteiger partial charge on any atom is -0.281 e. The summed E-state index contributed by atoms with van der Waals surface area (Å²) in [7, 11) is 3.01. The SMILES string of the molecule is C/C(=N\Nc1cc(=O)n(C)c(=O)n1C)c1ccc(Br)cc1. The molecule has 110 valence electrons. The molecule has 1 heterocycles. The monoisotopic (exact) mass is 350 g/mol. The van der Waals surface area contributed by atoms with E-state index < -0.39 is 5.69 Å². The van der Waals surface area contributed by atoms with E-state index in [-0.39, 0.29) is 5.56 Å². The first-order valence-corrected chi connectivity index (χ1v) is 7.03. The molecule has 0 amide bonds. The Kier molecular flexibility index (Phi) is 4.42.